The van der Waals surface area contributed by atoms with Crippen LogP contribution in [0.2, 0.25) is 0 Å². The summed E-state index contributed by atoms with van der Waals surface area (Å²) in [6, 6.07) is 6.14. The van der Waals surface area contributed by atoms with Crippen molar-refractivity contribution in [3.05, 3.63) is 23.8 Å². The molecule has 1 saturated heterocycles. The molecule has 0 N–H and O–H groups in total. The van der Waals surface area contributed by atoms with Crippen molar-refractivity contribution in [1.82, 2.24) is 9.80 Å². The number of rotatable bonds is 5. The van der Waals surface area contributed by atoms with E-state index in [1.807, 2.05) is 34.9 Å². The number of carbonyl (C=O) groups excluding carboxylic acids is 2. The average Bonchev–Trinajstić information content (AvgIpc) is 3.38. The Labute approximate surface area is 154 Å². The second-order valence-corrected chi connectivity index (χ2v) is 7.43. The van der Waals surface area contributed by atoms with Crippen molar-refractivity contribution in [3.8, 4) is 11.5 Å². The van der Waals surface area contributed by atoms with Gasteiger partial charge in [-0.1, -0.05) is 18.9 Å². The first kappa shape index (κ1) is 17.2. The van der Waals surface area contributed by atoms with Crippen molar-refractivity contribution in [2.45, 2.75) is 51.6 Å². The van der Waals surface area contributed by atoms with Crippen molar-refractivity contribution in [3.63, 3.8) is 0 Å². The fourth-order valence-corrected chi connectivity index (χ4v) is 4.33. The molecule has 2 heterocycles. The molecule has 1 aromatic rings. The molecule has 26 heavy (non-hydrogen) atoms. The number of hydrogen-bond donors (Lipinski definition) is 0. The molecule has 0 aromatic heterocycles. The van der Waals surface area contributed by atoms with Crippen LogP contribution in [-0.4, -0.2) is 47.5 Å². The van der Waals surface area contributed by atoms with Gasteiger partial charge < -0.3 is 19.3 Å². The molecule has 0 bridgehead atoms. The molecule has 1 aliphatic carbocycles. The predicted octanol–water partition coefficient (Wildman–Crippen LogP) is 2.55. The van der Waals surface area contributed by atoms with E-state index >= 15 is 0 Å². The third-order valence-electron chi connectivity index (χ3n) is 5.78. The first-order valence-corrected chi connectivity index (χ1v) is 9.62. The van der Waals surface area contributed by atoms with Gasteiger partial charge in [-0.2, -0.15) is 0 Å². The summed E-state index contributed by atoms with van der Waals surface area (Å²) < 4.78 is 10.8. The third kappa shape index (κ3) is 3.24. The van der Waals surface area contributed by atoms with Crippen LogP contribution in [0.4, 0.5) is 0 Å². The topological polar surface area (TPSA) is 59.1 Å². The van der Waals surface area contributed by atoms with E-state index in [4.69, 9.17) is 9.47 Å². The van der Waals surface area contributed by atoms with E-state index in [1.165, 1.54) is 12.8 Å². The Morgan fingerprint density at radius 1 is 1.23 bits per heavy atom. The zero-order chi connectivity index (χ0) is 18.1. The van der Waals surface area contributed by atoms with Crippen LogP contribution in [0.15, 0.2) is 18.2 Å². The van der Waals surface area contributed by atoms with Crippen molar-refractivity contribution in [2.24, 2.45) is 5.92 Å². The number of fused-ring (bicyclic) bond motifs is 1. The Morgan fingerprint density at radius 3 is 2.77 bits per heavy atom. The quantitative estimate of drug-likeness (QED) is 0.812. The van der Waals surface area contributed by atoms with Gasteiger partial charge in [-0.3, -0.25) is 9.59 Å². The van der Waals surface area contributed by atoms with Crippen LogP contribution in [0.3, 0.4) is 0 Å². The number of ether oxygens (including phenoxy) is 2. The van der Waals surface area contributed by atoms with Gasteiger partial charge in [-0.15, -0.1) is 0 Å². The van der Waals surface area contributed by atoms with Crippen LogP contribution in [-0.2, 0) is 16.1 Å². The standard InChI is InChI=1S/C20H26N2O4/c1-2-21(11-14-7-8-17-18(9-14)26-13-25-17)20(24)15-10-19(23)22(12-15)16-5-3-4-6-16/h7-9,15-16H,2-6,10-13H2,1H3. The third-order valence-corrected chi connectivity index (χ3v) is 5.78. The lowest BCUT2D eigenvalue weighted by Crippen LogP contribution is -2.38. The predicted molar refractivity (Wildman–Crippen MR) is 95.7 cm³/mol. The molecule has 2 fully saturated rings. The molecular weight excluding hydrogens is 332 g/mol. The van der Waals surface area contributed by atoms with E-state index in [1.54, 1.807) is 0 Å². The van der Waals surface area contributed by atoms with Crippen LogP contribution in [0.5, 0.6) is 11.5 Å². The van der Waals surface area contributed by atoms with Gasteiger partial charge >= 0.3 is 0 Å². The van der Waals surface area contributed by atoms with E-state index in [-0.39, 0.29) is 24.5 Å². The second kappa shape index (κ2) is 7.17. The highest BCUT2D eigenvalue weighted by Crippen LogP contribution is 2.33. The van der Waals surface area contributed by atoms with E-state index in [9.17, 15) is 9.59 Å². The van der Waals surface area contributed by atoms with Gasteiger partial charge in [-0.05, 0) is 37.5 Å². The number of amides is 2. The first-order valence-electron chi connectivity index (χ1n) is 9.62. The summed E-state index contributed by atoms with van der Waals surface area (Å²) in [5.41, 5.74) is 1.02. The average molecular weight is 358 g/mol. The summed E-state index contributed by atoms with van der Waals surface area (Å²) in [4.78, 5) is 29.2. The summed E-state index contributed by atoms with van der Waals surface area (Å²) in [6.45, 7) is 3.97. The SMILES string of the molecule is CCN(Cc1ccc2c(c1)OCO2)C(=O)C1CC(=O)N(C2CCCC2)C1. The normalized spacial score (nSPS) is 22.3. The Balaban J connectivity index is 1.41. The lowest BCUT2D eigenvalue weighted by Gasteiger charge is -2.26. The van der Waals surface area contributed by atoms with Gasteiger partial charge in [0.15, 0.2) is 11.5 Å². The molecule has 0 spiro atoms. The molecule has 1 saturated carbocycles. The maximum Gasteiger partial charge on any atom is 0.231 e. The highest BCUT2D eigenvalue weighted by molar-refractivity contribution is 5.89. The van der Waals surface area contributed by atoms with Gasteiger partial charge in [0.2, 0.25) is 18.6 Å². The van der Waals surface area contributed by atoms with Crippen molar-refractivity contribution in [1.29, 1.82) is 0 Å². The zero-order valence-electron chi connectivity index (χ0n) is 15.3. The van der Waals surface area contributed by atoms with Gasteiger partial charge in [0, 0.05) is 32.1 Å². The molecule has 1 aromatic carbocycles. The van der Waals surface area contributed by atoms with Crippen LogP contribution in [0.25, 0.3) is 0 Å². The molecule has 6 heteroatoms. The lowest BCUT2D eigenvalue weighted by molar-refractivity contribution is -0.136. The van der Waals surface area contributed by atoms with Crippen molar-refractivity contribution in [2.75, 3.05) is 19.9 Å². The molecule has 3 aliphatic rings. The van der Waals surface area contributed by atoms with E-state index in [0.717, 1.165) is 29.9 Å². The number of benzene rings is 1. The second-order valence-electron chi connectivity index (χ2n) is 7.43. The Kier molecular flexibility index (Phi) is 4.74. The summed E-state index contributed by atoms with van der Waals surface area (Å²) in [5.74, 6) is 1.50. The largest absolute Gasteiger partial charge is 0.454 e. The van der Waals surface area contributed by atoms with Gasteiger partial charge in [0.1, 0.15) is 0 Å². The summed E-state index contributed by atoms with van der Waals surface area (Å²) in [6.07, 6.45) is 4.91. The lowest BCUT2D eigenvalue weighted by atomic mass is 10.1. The molecule has 1 atom stereocenters. The van der Waals surface area contributed by atoms with Crippen LogP contribution < -0.4 is 9.47 Å². The number of hydrogen-bond acceptors (Lipinski definition) is 4. The summed E-state index contributed by atoms with van der Waals surface area (Å²) in [5, 5.41) is 0. The fraction of sp³-hybridized carbons (Fsp3) is 0.600. The van der Waals surface area contributed by atoms with Crippen molar-refractivity contribution < 1.29 is 19.1 Å². The molecule has 0 radical (unpaired) electrons. The Hall–Kier alpha value is -2.24. The van der Waals surface area contributed by atoms with Gasteiger partial charge in [0.25, 0.3) is 0 Å². The first-order chi connectivity index (χ1) is 12.7. The van der Waals surface area contributed by atoms with Gasteiger partial charge in [0.05, 0.1) is 5.92 Å². The zero-order valence-corrected chi connectivity index (χ0v) is 15.3. The van der Waals surface area contributed by atoms with Crippen LogP contribution in [0.1, 0.15) is 44.6 Å². The smallest absolute Gasteiger partial charge is 0.231 e. The Morgan fingerprint density at radius 2 is 2.00 bits per heavy atom. The maximum absolute atomic E-state index is 13.0. The highest BCUT2D eigenvalue weighted by Gasteiger charge is 2.39. The molecule has 2 aliphatic heterocycles. The molecule has 6 nitrogen and oxygen atoms in total. The van der Waals surface area contributed by atoms with E-state index < -0.39 is 0 Å². The number of nitrogens with zero attached hydrogens (tertiary/aromatic N) is 2. The van der Waals surface area contributed by atoms with Crippen LogP contribution in [0, 0.1) is 5.92 Å². The fourth-order valence-electron chi connectivity index (χ4n) is 4.33. The molecule has 4 rings (SSSR count). The monoisotopic (exact) mass is 358 g/mol. The van der Waals surface area contributed by atoms with E-state index in [0.29, 0.717) is 32.1 Å². The summed E-state index contributed by atoms with van der Waals surface area (Å²) in [7, 11) is 0. The van der Waals surface area contributed by atoms with E-state index in [2.05, 4.69) is 0 Å². The molecule has 2 amide bonds. The minimum atomic E-state index is -0.211. The number of carbonyl (C=O) groups is 2. The highest BCUT2D eigenvalue weighted by atomic mass is 16.7. The molecular formula is C20H26N2O4. The molecule has 140 valence electrons. The minimum Gasteiger partial charge on any atom is -0.454 e. The van der Waals surface area contributed by atoms with Crippen molar-refractivity contribution >= 4 is 11.8 Å². The molecule has 1 unspecified atom stereocenters. The van der Waals surface area contributed by atoms with Crippen LogP contribution >= 0.6 is 0 Å². The minimum absolute atomic E-state index is 0.0824. The Bertz CT molecular complexity index is 699. The number of likely N-dealkylation sites (tertiary alicyclic amines) is 1. The van der Waals surface area contributed by atoms with Gasteiger partial charge in [-0.25, -0.2) is 0 Å². The maximum atomic E-state index is 13.0. The summed E-state index contributed by atoms with van der Waals surface area (Å²) >= 11 is 0.